The van der Waals surface area contributed by atoms with Crippen LogP contribution in [-0.4, -0.2) is 16.1 Å². The fraction of sp³-hybridized carbons (Fsp3) is 0.200. The molecule has 0 saturated heterocycles. The monoisotopic (exact) mass is 241 g/mol. The van der Waals surface area contributed by atoms with E-state index in [4.69, 9.17) is 0 Å². The molecule has 1 atom stereocenters. The topological polar surface area (TPSA) is 50.2 Å². The zero-order valence-electron chi connectivity index (χ0n) is 10.2. The first-order valence-electron chi connectivity index (χ1n) is 5.86. The Morgan fingerprint density at radius 2 is 2.11 bits per heavy atom. The van der Waals surface area contributed by atoms with Gasteiger partial charge in [0.15, 0.2) is 0 Å². The summed E-state index contributed by atoms with van der Waals surface area (Å²) < 4.78 is 0. The molecule has 18 heavy (non-hydrogen) atoms. The number of benzene rings is 1. The number of carboxylic acid groups (broad SMARTS) is 1. The van der Waals surface area contributed by atoms with Crippen molar-refractivity contribution in [2.75, 3.05) is 0 Å². The van der Waals surface area contributed by atoms with Crippen LogP contribution >= 0.6 is 0 Å². The van der Waals surface area contributed by atoms with Gasteiger partial charge in [-0.15, -0.1) is 0 Å². The molecule has 2 rings (SSSR count). The largest absolute Gasteiger partial charge is 0.481 e. The van der Waals surface area contributed by atoms with Gasteiger partial charge in [-0.1, -0.05) is 35.9 Å². The molecule has 1 unspecified atom stereocenters. The van der Waals surface area contributed by atoms with Gasteiger partial charge in [-0.2, -0.15) is 0 Å². The Bertz CT molecular complexity index is 537. The Kier molecular flexibility index (Phi) is 3.72. The van der Waals surface area contributed by atoms with Gasteiger partial charge in [-0.25, -0.2) is 0 Å². The number of pyridine rings is 1. The summed E-state index contributed by atoms with van der Waals surface area (Å²) >= 11 is 0. The second-order valence-electron chi connectivity index (χ2n) is 4.34. The van der Waals surface area contributed by atoms with Crippen LogP contribution < -0.4 is 0 Å². The smallest absolute Gasteiger partial charge is 0.312 e. The number of carbonyl (C=O) groups is 1. The summed E-state index contributed by atoms with van der Waals surface area (Å²) in [6.07, 6.45) is 2.09. The fourth-order valence-corrected chi connectivity index (χ4v) is 1.98. The molecule has 1 aromatic heterocycles. The lowest BCUT2D eigenvalue weighted by molar-refractivity contribution is -0.138. The molecule has 92 valence electrons. The minimum Gasteiger partial charge on any atom is -0.481 e. The van der Waals surface area contributed by atoms with E-state index in [0.717, 1.165) is 11.1 Å². The molecule has 1 N–H and O–H groups in total. The fourth-order valence-electron chi connectivity index (χ4n) is 1.98. The molecule has 0 amide bonds. The first-order valence-corrected chi connectivity index (χ1v) is 5.86. The molecular formula is C15H15NO2. The lowest BCUT2D eigenvalue weighted by Gasteiger charge is -2.12. The SMILES string of the molecule is Cc1cccc(CC(C(=O)O)c2ccccn2)c1. The summed E-state index contributed by atoms with van der Waals surface area (Å²) in [5, 5.41) is 9.32. The van der Waals surface area contributed by atoms with Crippen molar-refractivity contribution in [1.29, 1.82) is 0 Å². The molecular weight excluding hydrogens is 226 g/mol. The average Bonchev–Trinajstić information content (AvgIpc) is 2.37. The summed E-state index contributed by atoms with van der Waals surface area (Å²) in [6, 6.07) is 13.3. The van der Waals surface area contributed by atoms with Crippen LogP contribution in [0, 0.1) is 6.92 Å². The zero-order valence-corrected chi connectivity index (χ0v) is 10.2. The highest BCUT2D eigenvalue weighted by Gasteiger charge is 2.21. The summed E-state index contributed by atoms with van der Waals surface area (Å²) in [5.74, 6) is -1.43. The van der Waals surface area contributed by atoms with E-state index in [9.17, 15) is 9.90 Å². The summed E-state index contributed by atoms with van der Waals surface area (Å²) in [5.41, 5.74) is 2.76. The first kappa shape index (κ1) is 12.3. The van der Waals surface area contributed by atoms with E-state index in [1.807, 2.05) is 37.3 Å². The molecule has 0 radical (unpaired) electrons. The van der Waals surface area contributed by atoms with Crippen molar-refractivity contribution in [3.05, 3.63) is 65.5 Å². The van der Waals surface area contributed by atoms with Crippen LogP contribution in [0.25, 0.3) is 0 Å². The van der Waals surface area contributed by atoms with E-state index < -0.39 is 11.9 Å². The van der Waals surface area contributed by atoms with Crippen molar-refractivity contribution in [2.24, 2.45) is 0 Å². The van der Waals surface area contributed by atoms with Gasteiger partial charge >= 0.3 is 5.97 Å². The van der Waals surface area contributed by atoms with Gasteiger partial charge in [0.2, 0.25) is 0 Å². The van der Waals surface area contributed by atoms with E-state index in [2.05, 4.69) is 4.98 Å². The van der Waals surface area contributed by atoms with Gasteiger partial charge in [0.25, 0.3) is 0 Å². The molecule has 0 saturated carbocycles. The number of aromatic nitrogens is 1. The highest BCUT2D eigenvalue weighted by Crippen LogP contribution is 2.19. The molecule has 0 aliphatic carbocycles. The minimum atomic E-state index is -0.838. The van der Waals surface area contributed by atoms with E-state index in [0.29, 0.717) is 12.1 Å². The number of carboxylic acids is 1. The van der Waals surface area contributed by atoms with Crippen molar-refractivity contribution in [2.45, 2.75) is 19.3 Å². The van der Waals surface area contributed by atoms with Crippen LogP contribution in [0.15, 0.2) is 48.7 Å². The number of aryl methyl sites for hydroxylation is 1. The van der Waals surface area contributed by atoms with Crippen molar-refractivity contribution in [3.8, 4) is 0 Å². The van der Waals surface area contributed by atoms with Gasteiger partial charge in [0.1, 0.15) is 5.92 Å². The number of hydrogen-bond acceptors (Lipinski definition) is 2. The Labute approximate surface area is 106 Å². The molecule has 0 spiro atoms. The van der Waals surface area contributed by atoms with Gasteiger partial charge < -0.3 is 5.11 Å². The van der Waals surface area contributed by atoms with E-state index in [1.54, 1.807) is 18.3 Å². The molecule has 2 aromatic rings. The molecule has 3 heteroatoms. The second-order valence-corrected chi connectivity index (χ2v) is 4.34. The van der Waals surface area contributed by atoms with Crippen molar-refractivity contribution in [3.63, 3.8) is 0 Å². The molecule has 0 bridgehead atoms. The molecule has 1 aromatic carbocycles. The quantitative estimate of drug-likeness (QED) is 0.895. The molecule has 1 heterocycles. The average molecular weight is 241 g/mol. The van der Waals surface area contributed by atoms with Crippen molar-refractivity contribution in [1.82, 2.24) is 4.98 Å². The molecule has 0 aliphatic heterocycles. The Balaban J connectivity index is 2.25. The van der Waals surface area contributed by atoms with E-state index >= 15 is 0 Å². The van der Waals surface area contributed by atoms with Crippen LogP contribution in [0.5, 0.6) is 0 Å². The highest BCUT2D eigenvalue weighted by molar-refractivity contribution is 5.75. The normalized spacial score (nSPS) is 12.1. The Morgan fingerprint density at radius 1 is 1.28 bits per heavy atom. The maximum Gasteiger partial charge on any atom is 0.312 e. The highest BCUT2D eigenvalue weighted by atomic mass is 16.4. The van der Waals surface area contributed by atoms with Gasteiger partial charge in [0, 0.05) is 6.20 Å². The molecule has 3 nitrogen and oxygen atoms in total. The van der Waals surface area contributed by atoms with E-state index in [-0.39, 0.29) is 0 Å². The summed E-state index contributed by atoms with van der Waals surface area (Å²) in [6.45, 7) is 2.00. The van der Waals surface area contributed by atoms with Crippen LogP contribution in [0.3, 0.4) is 0 Å². The summed E-state index contributed by atoms with van der Waals surface area (Å²) in [4.78, 5) is 15.5. The van der Waals surface area contributed by atoms with Crippen LogP contribution in [0.1, 0.15) is 22.7 Å². The van der Waals surface area contributed by atoms with Crippen LogP contribution in [0.2, 0.25) is 0 Å². The van der Waals surface area contributed by atoms with E-state index in [1.165, 1.54) is 0 Å². The van der Waals surface area contributed by atoms with Crippen LogP contribution in [-0.2, 0) is 11.2 Å². The minimum absolute atomic E-state index is 0.466. The van der Waals surface area contributed by atoms with Crippen molar-refractivity contribution >= 4 is 5.97 Å². The predicted octanol–water partition coefficient (Wildman–Crippen LogP) is 2.80. The zero-order chi connectivity index (χ0) is 13.0. The summed E-state index contributed by atoms with van der Waals surface area (Å²) in [7, 11) is 0. The standard InChI is InChI=1S/C15H15NO2/c1-11-5-4-6-12(9-11)10-13(15(17)18)14-7-2-3-8-16-14/h2-9,13H,10H2,1H3,(H,17,18). The molecule has 0 aliphatic rings. The maximum atomic E-state index is 11.3. The maximum absolute atomic E-state index is 11.3. The van der Waals surface area contributed by atoms with Crippen LogP contribution in [0.4, 0.5) is 0 Å². The van der Waals surface area contributed by atoms with Gasteiger partial charge in [-0.05, 0) is 31.0 Å². The Hall–Kier alpha value is -2.16. The van der Waals surface area contributed by atoms with Crippen molar-refractivity contribution < 1.29 is 9.90 Å². The van der Waals surface area contributed by atoms with Gasteiger partial charge in [-0.3, -0.25) is 9.78 Å². The second kappa shape index (κ2) is 5.45. The molecule has 0 fully saturated rings. The lowest BCUT2D eigenvalue weighted by Crippen LogP contribution is -2.15. The third-order valence-corrected chi connectivity index (χ3v) is 2.87. The van der Waals surface area contributed by atoms with Gasteiger partial charge in [0.05, 0.1) is 5.69 Å². The Morgan fingerprint density at radius 3 is 2.72 bits per heavy atom. The number of aliphatic carboxylic acids is 1. The number of hydrogen-bond donors (Lipinski definition) is 1. The number of rotatable bonds is 4. The third-order valence-electron chi connectivity index (χ3n) is 2.87. The third kappa shape index (κ3) is 2.94. The lowest BCUT2D eigenvalue weighted by atomic mass is 9.95. The predicted molar refractivity (Wildman–Crippen MR) is 69.5 cm³/mol. The number of nitrogens with zero attached hydrogens (tertiary/aromatic N) is 1. The first-order chi connectivity index (χ1) is 8.66.